The van der Waals surface area contributed by atoms with E-state index in [0.29, 0.717) is 19.7 Å². The van der Waals surface area contributed by atoms with E-state index in [9.17, 15) is 9.59 Å². The number of amides is 2. The molecule has 1 atom stereocenters. The first-order chi connectivity index (χ1) is 9.24. The number of carbonyl (C=O) groups is 2. The van der Waals surface area contributed by atoms with Gasteiger partial charge in [0.15, 0.2) is 6.54 Å². The Balaban J connectivity index is 1.63. The van der Waals surface area contributed by atoms with Crippen LogP contribution < -0.4 is 4.90 Å². The lowest BCUT2D eigenvalue weighted by molar-refractivity contribution is -0.908. The molecule has 100 valence electrons. The molecule has 0 aromatic heterocycles. The monoisotopic (exact) mass is 261 g/mol. The summed E-state index contributed by atoms with van der Waals surface area (Å²) in [6, 6.07) is 8.34. The predicted octanol–water partition coefficient (Wildman–Crippen LogP) is -0.394. The van der Waals surface area contributed by atoms with Crippen molar-refractivity contribution in [3.05, 3.63) is 35.4 Å². The van der Waals surface area contributed by atoms with E-state index in [1.807, 2.05) is 6.07 Å². The summed E-state index contributed by atoms with van der Waals surface area (Å²) in [6.07, 6.45) is 0.491. The van der Waals surface area contributed by atoms with Crippen molar-refractivity contribution >= 4 is 12.0 Å². The minimum absolute atomic E-state index is 0.128. The molecule has 0 spiro atoms. The van der Waals surface area contributed by atoms with Crippen LogP contribution in [0.5, 0.6) is 0 Å². The lowest BCUT2D eigenvalue weighted by Crippen LogP contribution is -3.12. The van der Waals surface area contributed by atoms with E-state index in [-0.39, 0.29) is 5.91 Å². The van der Waals surface area contributed by atoms with Gasteiger partial charge in [-0.3, -0.25) is 4.79 Å². The number of imide groups is 1. The Bertz CT molecular complexity index is 515. The lowest BCUT2D eigenvalue weighted by Gasteiger charge is -2.26. The number of cyclic esters (lactones) is 1. The molecule has 1 aromatic carbocycles. The highest BCUT2D eigenvalue weighted by Crippen LogP contribution is 2.10. The number of carbonyl (C=O) groups excluding carboxylic acids is 2. The molecule has 2 aliphatic rings. The van der Waals surface area contributed by atoms with E-state index in [2.05, 4.69) is 18.2 Å². The van der Waals surface area contributed by atoms with Gasteiger partial charge in [-0.05, 0) is 5.56 Å². The van der Waals surface area contributed by atoms with Crippen LogP contribution in [0.1, 0.15) is 11.1 Å². The maximum absolute atomic E-state index is 12.0. The molecule has 0 aliphatic carbocycles. The third-order valence-corrected chi connectivity index (χ3v) is 3.77. The first kappa shape index (κ1) is 12.2. The van der Waals surface area contributed by atoms with E-state index in [1.165, 1.54) is 20.9 Å². The van der Waals surface area contributed by atoms with Gasteiger partial charge < -0.3 is 9.64 Å². The Morgan fingerprint density at radius 1 is 1.32 bits per heavy atom. The van der Waals surface area contributed by atoms with E-state index in [1.54, 1.807) is 0 Å². The standard InChI is InChI=1S/C14H16N2O3/c17-13(16-7-8-19-14(16)18)10-15-6-5-11-3-1-2-4-12(11)9-15/h1-4H,5-10H2/p+1. The summed E-state index contributed by atoms with van der Waals surface area (Å²) < 4.78 is 4.79. The quantitative estimate of drug-likeness (QED) is 0.788. The van der Waals surface area contributed by atoms with Gasteiger partial charge in [0.05, 0.1) is 13.1 Å². The summed E-state index contributed by atoms with van der Waals surface area (Å²) in [5.41, 5.74) is 2.68. The Hall–Kier alpha value is -1.88. The highest BCUT2D eigenvalue weighted by atomic mass is 16.6. The van der Waals surface area contributed by atoms with Crippen LogP contribution in [0.25, 0.3) is 0 Å². The summed E-state index contributed by atoms with van der Waals surface area (Å²) in [5, 5.41) is 0. The Morgan fingerprint density at radius 3 is 2.84 bits per heavy atom. The molecule has 0 saturated carbocycles. The third kappa shape index (κ3) is 2.46. The second kappa shape index (κ2) is 5.01. The number of hydrogen-bond donors (Lipinski definition) is 1. The van der Waals surface area contributed by atoms with Crippen LogP contribution in [0, 0.1) is 0 Å². The molecule has 1 fully saturated rings. The molecule has 1 unspecified atom stereocenters. The van der Waals surface area contributed by atoms with Crippen molar-refractivity contribution in [2.45, 2.75) is 13.0 Å². The van der Waals surface area contributed by atoms with E-state index in [4.69, 9.17) is 4.74 Å². The Kier molecular flexibility index (Phi) is 3.21. The first-order valence-electron chi connectivity index (χ1n) is 6.61. The topological polar surface area (TPSA) is 51.1 Å². The van der Waals surface area contributed by atoms with Gasteiger partial charge in [-0.15, -0.1) is 0 Å². The van der Waals surface area contributed by atoms with Crippen molar-refractivity contribution in [1.29, 1.82) is 0 Å². The molecule has 2 aliphatic heterocycles. The summed E-state index contributed by atoms with van der Waals surface area (Å²) in [6.45, 7) is 2.87. The van der Waals surface area contributed by atoms with Gasteiger partial charge >= 0.3 is 6.09 Å². The predicted molar refractivity (Wildman–Crippen MR) is 67.6 cm³/mol. The number of ether oxygens (including phenoxy) is 1. The zero-order valence-corrected chi connectivity index (χ0v) is 10.7. The van der Waals surface area contributed by atoms with Gasteiger partial charge in [-0.1, -0.05) is 24.3 Å². The second-order valence-corrected chi connectivity index (χ2v) is 5.03. The zero-order valence-electron chi connectivity index (χ0n) is 10.7. The van der Waals surface area contributed by atoms with Crippen molar-refractivity contribution in [2.75, 3.05) is 26.2 Å². The van der Waals surface area contributed by atoms with E-state index < -0.39 is 6.09 Å². The van der Waals surface area contributed by atoms with Crippen LogP contribution in [-0.2, 0) is 22.5 Å². The van der Waals surface area contributed by atoms with Crippen molar-refractivity contribution in [3.63, 3.8) is 0 Å². The van der Waals surface area contributed by atoms with Crippen LogP contribution in [0.4, 0.5) is 4.79 Å². The normalized spacial score (nSPS) is 22.0. The molecule has 5 heteroatoms. The maximum atomic E-state index is 12.0. The van der Waals surface area contributed by atoms with Gasteiger partial charge in [0.25, 0.3) is 5.91 Å². The summed E-state index contributed by atoms with van der Waals surface area (Å²) in [7, 11) is 0. The van der Waals surface area contributed by atoms with E-state index in [0.717, 1.165) is 19.5 Å². The van der Waals surface area contributed by atoms with Gasteiger partial charge in [-0.25, -0.2) is 9.69 Å². The summed E-state index contributed by atoms with van der Waals surface area (Å²) >= 11 is 0. The number of benzene rings is 1. The molecular weight excluding hydrogens is 244 g/mol. The average molecular weight is 261 g/mol. The molecule has 1 N–H and O–H groups in total. The number of nitrogens with zero attached hydrogens (tertiary/aromatic N) is 1. The van der Waals surface area contributed by atoms with Gasteiger partial charge in [-0.2, -0.15) is 0 Å². The molecule has 1 saturated heterocycles. The zero-order chi connectivity index (χ0) is 13.2. The second-order valence-electron chi connectivity index (χ2n) is 5.03. The minimum Gasteiger partial charge on any atom is -0.447 e. The number of hydrogen-bond acceptors (Lipinski definition) is 3. The van der Waals surface area contributed by atoms with Gasteiger partial charge in [0.2, 0.25) is 0 Å². The highest BCUT2D eigenvalue weighted by Gasteiger charge is 2.31. The van der Waals surface area contributed by atoms with Gasteiger partial charge in [0, 0.05) is 12.0 Å². The summed E-state index contributed by atoms with van der Waals surface area (Å²) in [4.78, 5) is 25.8. The van der Waals surface area contributed by atoms with Crippen LogP contribution >= 0.6 is 0 Å². The fourth-order valence-electron chi connectivity index (χ4n) is 2.72. The smallest absolute Gasteiger partial charge is 0.416 e. The highest BCUT2D eigenvalue weighted by molar-refractivity contribution is 5.93. The third-order valence-electron chi connectivity index (χ3n) is 3.77. The van der Waals surface area contributed by atoms with Crippen LogP contribution in [0.15, 0.2) is 24.3 Å². The van der Waals surface area contributed by atoms with Crippen molar-refractivity contribution in [2.24, 2.45) is 0 Å². The first-order valence-corrected chi connectivity index (χ1v) is 6.61. The fraction of sp³-hybridized carbons (Fsp3) is 0.429. The van der Waals surface area contributed by atoms with Crippen LogP contribution in [-0.4, -0.2) is 43.1 Å². The molecule has 5 nitrogen and oxygen atoms in total. The number of rotatable bonds is 2. The number of fused-ring (bicyclic) bond motifs is 1. The largest absolute Gasteiger partial charge is 0.447 e. The number of quaternary nitrogens is 1. The molecule has 1 aromatic rings. The summed E-state index contributed by atoms with van der Waals surface area (Å²) in [5.74, 6) is -0.128. The molecule has 3 rings (SSSR count). The molecule has 2 heterocycles. The van der Waals surface area contributed by atoms with Crippen LogP contribution in [0.2, 0.25) is 0 Å². The SMILES string of the molecule is O=C(C[NH+]1CCc2ccccc2C1)N1CCOC1=O. The lowest BCUT2D eigenvalue weighted by atomic mass is 10.00. The molecule has 2 amide bonds. The number of nitrogens with one attached hydrogen (secondary N) is 1. The molecular formula is C14H17N2O3+. The molecule has 19 heavy (non-hydrogen) atoms. The van der Waals surface area contributed by atoms with Crippen molar-refractivity contribution in [3.8, 4) is 0 Å². The van der Waals surface area contributed by atoms with Crippen LogP contribution in [0.3, 0.4) is 0 Å². The van der Waals surface area contributed by atoms with Crippen molar-refractivity contribution in [1.82, 2.24) is 4.90 Å². The Labute approximate surface area is 111 Å². The molecule has 0 bridgehead atoms. The average Bonchev–Trinajstić information content (AvgIpc) is 2.85. The van der Waals surface area contributed by atoms with Gasteiger partial charge in [0.1, 0.15) is 13.2 Å². The fourth-order valence-corrected chi connectivity index (χ4v) is 2.72. The molecule has 0 radical (unpaired) electrons. The maximum Gasteiger partial charge on any atom is 0.416 e. The minimum atomic E-state index is -0.498. The van der Waals surface area contributed by atoms with Crippen molar-refractivity contribution < 1.29 is 19.2 Å². The Morgan fingerprint density at radius 2 is 2.11 bits per heavy atom. The van der Waals surface area contributed by atoms with E-state index >= 15 is 0 Å².